The van der Waals surface area contributed by atoms with Crippen molar-refractivity contribution in [2.24, 2.45) is 4.99 Å². The third-order valence-corrected chi connectivity index (χ3v) is 5.60. The Morgan fingerprint density at radius 1 is 1.31 bits per heavy atom. The van der Waals surface area contributed by atoms with Crippen molar-refractivity contribution in [3.63, 3.8) is 0 Å². The number of nitrogens with zero attached hydrogens (tertiary/aromatic N) is 3. The highest BCUT2D eigenvalue weighted by atomic mass is 127. The molecule has 3 rings (SSSR count). The van der Waals surface area contributed by atoms with Crippen LogP contribution < -0.4 is 15.5 Å². The van der Waals surface area contributed by atoms with E-state index in [1.165, 1.54) is 23.4 Å². The third-order valence-electron chi connectivity index (χ3n) is 4.52. The number of halogens is 1. The molecule has 1 saturated heterocycles. The lowest BCUT2D eigenvalue weighted by molar-refractivity contribution is 0.468. The summed E-state index contributed by atoms with van der Waals surface area (Å²) >= 11 is 1.75. The van der Waals surface area contributed by atoms with Crippen molar-refractivity contribution in [3.8, 4) is 0 Å². The Kier molecular flexibility index (Phi) is 8.15. The number of benzene rings is 1. The molecule has 1 aliphatic heterocycles. The number of hydrogen-bond acceptors (Lipinski definition) is 4. The van der Waals surface area contributed by atoms with Crippen LogP contribution >= 0.6 is 35.3 Å². The first kappa shape index (κ1) is 21.0. The van der Waals surface area contributed by atoms with Gasteiger partial charge < -0.3 is 15.5 Å². The molecule has 7 heteroatoms. The summed E-state index contributed by atoms with van der Waals surface area (Å²) in [6.07, 6.45) is 2.36. The zero-order valence-electron chi connectivity index (χ0n) is 15.7. The SMILES string of the molecule is CN=C(NCc1sc(C)nc1C)NC1CCCN(c2ccccc2)C1.I. The fourth-order valence-corrected chi connectivity index (χ4v) is 4.13. The number of para-hydroxylation sites is 1. The minimum atomic E-state index is 0. The van der Waals surface area contributed by atoms with Crippen LogP contribution in [-0.2, 0) is 6.54 Å². The molecule has 2 heterocycles. The Balaban J connectivity index is 0.00000243. The van der Waals surface area contributed by atoms with Gasteiger partial charge in [0, 0.05) is 36.7 Å². The number of aromatic nitrogens is 1. The molecule has 142 valence electrons. The van der Waals surface area contributed by atoms with Gasteiger partial charge in [-0.15, -0.1) is 35.3 Å². The van der Waals surface area contributed by atoms with Crippen molar-refractivity contribution >= 4 is 47.0 Å². The maximum Gasteiger partial charge on any atom is 0.191 e. The van der Waals surface area contributed by atoms with Crippen LogP contribution in [0.2, 0.25) is 0 Å². The zero-order valence-corrected chi connectivity index (χ0v) is 18.8. The van der Waals surface area contributed by atoms with E-state index in [9.17, 15) is 0 Å². The Bertz CT molecular complexity index is 716. The number of nitrogens with one attached hydrogen (secondary N) is 2. The summed E-state index contributed by atoms with van der Waals surface area (Å²) in [6, 6.07) is 11.1. The van der Waals surface area contributed by atoms with Crippen molar-refractivity contribution in [2.75, 3.05) is 25.0 Å². The van der Waals surface area contributed by atoms with Gasteiger partial charge in [0.05, 0.1) is 17.2 Å². The predicted octanol–water partition coefficient (Wildman–Crippen LogP) is 3.71. The number of piperidine rings is 1. The van der Waals surface area contributed by atoms with Gasteiger partial charge in [-0.3, -0.25) is 4.99 Å². The van der Waals surface area contributed by atoms with Crippen molar-refractivity contribution in [1.82, 2.24) is 15.6 Å². The molecule has 5 nitrogen and oxygen atoms in total. The van der Waals surface area contributed by atoms with Crippen molar-refractivity contribution in [2.45, 2.75) is 39.3 Å². The maximum absolute atomic E-state index is 4.49. The summed E-state index contributed by atoms with van der Waals surface area (Å²) in [5.74, 6) is 0.866. The van der Waals surface area contributed by atoms with E-state index in [2.05, 4.69) is 69.7 Å². The van der Waals surface area contributed by atoms with Crippen LogP contribution in [0.25, 0.3) is 0 Å². The number of aliphatic imine (C=N–C) groups is 1. The second-order valence-corrected chi connectivity index (χ2v) is 7.72. The van der Waals surface area contributed by atoms with Crippen LogP contribution in [-0.4, -0.2) is 37.1 Å². The second-order valence-electron chi connectivity index (χ2n) is 6.43. The van der Waals surface area contributed by atoms with Crippen LogP contribution in [0.1, 0.15) is 28.4 Å². The number of rotatable bonds is 4. The standard InChI is InChI=1S/C19H27N5S.HI/c1-14-18(25-15(2)22-14)12-21-19(20-3)23-16-8-7-11-24(13-16)17-9-5-4-6-10-17;/h4-6,9-10,16H,7-8,11-13H2,1-3H3,(H2,20,21,23);1H. The molecule has 0 saturated carbocycles. The molecule has 26 heavy (non-hydrogen) atoms. The van der Waals surface area contributed by atoms with Gasteiger partial charge in [-0.1, -0.05) is 18.2 Å². The highest BCUT2D eigenvalue weighted by Gasteiger charge is 2.21. The highest BCUT2D eigenvalue weighted by Crippen LogP contribution is 2.19. The summed E-state index contributed by atoms with van der Waals surface area (Å²) < 4.78 is 0. The van der Waals surface area contributed by atoms with Crippen molar-refractivity contribution in [3.05, 3.63) is 45.9 Å². The Hall–Kier alpha value is -1.35. The summed E-state index contributed by atoms with van der Waals surface area (Å²) in [4.78, 5) is 12.6. The average molecular weight is 485 g/mol. The van der Waals surface area contributed by atoms with Gasteiger partial charge in [-0.2, -0.15) is 0 Å². The van der Waals surface area contributed by atoms with Gasteiger partial charge >= 0.3 is 0 Å². The molecule has 2 N–H and O–H groups in total. The highest BCUT2D eigenvalue weighted by molar-refractivity contribution is 14.0. The first-order chi connectivity index (χ1) is 12.2. The maximum atomic E-state index is 4.49. The zero-order chi connectivity index (χ0) is 17.6. The van der Waals surface area contributed by atoms with E-state index in [1.54, 1.807) is 11.3 Å². The Morgan fingerprint density at radius 3 is 2.73 bits per heavy atom. The minimum absolute atomic E-state index is 0. The van der Waals surface area contributed by atoms with Gasteiger partial charge in [0.1, 0.15) is 0 Å². The molecule has 1 fully saturated rings. The number of aryl methyl sites for hydroxylation is 2. The lowest BCUT2D eigenvalue weighted by Crippen LogP contribution is -2.51. The molecule has 0 radical (unpaired) electrons. The van der Waals surface area contributed by atoms with Gasteiger partial charge in [0.25, 0.3) is 0 Å². The van der Waals surface area contributed by atoms with Gasteiger partial charge in [0.2, 0.25) is 0 Å². The van der Waals surface area contributed by atoms with Crippen molar-refractivity contribution in [1.29, 1.82) is 0 Å². The first-order valence-corrected chi connectivity index (χ1v) is 9.67. The van der Waals surface area contributed by atoms with Crippen LogP contribution in [0.3, 0.4) is 0 Å². The van der Waals surface area contributed by atoms with E-state index in [1.807, 2.05) is 7.05 Å². The molecule has 0 aliphatic carbocycles. The fraction of sp³-hybridized carbons (Fsp3) is 0.474. The average Bonchev–Trinajstić information content (AvgIpc) is 2.97. The first-order valence-electron chi connectivity index (χ1n) is 8.86. The number of anilines is 1. The van der Waals surface area contributed by atoms with E-state index in [-0.39, 0.29) is 24.0 Å². The second kappa shape index (κ2) is 10.1. The molecule has 1 aromatic heterocycles. The largest absolute Gasteiger partial charge is 0.369 e. The van der Waals surface area contributed by atoms with Crippen LogP contribution in [0, 0.1) is 13.8 Å². The normalized spacial score (nSPS) is 17.6. The number of thiazole rings is 1. The summed E-state index contributed by atoms with van der Waals surface area (Å²) in [5, 5.41) is 8.13. The number of guanidine groups is 1. The summed E-state index contributed by atoms with van der Waals surface area (Å²) in [6.45, 7) is 7.01. The minimum Gasteiger partial charge on any atom is -0.369 e. The quantitative estimate of drug-likeness (QED) is 0.394. The van der Waals surface area contributed by atoms with Gasteiger partial charge in [-0.05, 0) is 38.8 Å². The molecule has 1 aromatic carbocycles. The molecular formula is C19H28IN5S. The van der Waals surface area contributed by atoms with Crippen LogP contribution in [0.15, 0.2) is 35.3 Å². The molecular weight excluding hydrogens is 457 g/mol. The third kappa shape index (κ3) is 5.57. The van der Waals surface area contributed by atoms with Gasteiger partial charge in [-0.25, -0.2) is 4.98 Å². The fourth-order valence-electron chi connectivity index (χ4n) is 3.26. The van der Waals surface area contributed by atoms with E-state index in [0.717, 1.165) is 36.3 Å². The summed E-state index contributed by atoms with van der Waals surface area (Å²) in [5.41, 5.74) is 2.41. The van der Waals surface area contributed by atoms with E-state index >= 15 is 0 Å². The van der Waals surface area contributed by atoms with E-state index in [4.69, 9.17) is 0 Å². The topological polar surface area (TPSA) is 52.6 Å². The molecule has 2 aromatic rings. The van der Waals surface area contributed by atoms with Crippen LogP contribution in [0.4, 0.5) is 5.69 Å². The van der Waals surface area contributed by atoms with E-state index < -0.39 is 0 Å². The van der Waals surface area contributed by atoms with E-state index in [0.29, 0.717) is 6.04 Å². The number of hydrogen-bond donors (Lipinski definition) is 2. The summed E-state index contributed by atoms with van der Waals surface area (Å²) in [7, 11) is 1.83. The predicted molar refractivity (Wildman–Crippen MR) is 122 cm³/mol. The molecule has 0 amide bonds. The lowest BCUT2D eigenvalue weighted by atomic mass is 10.1. The van der Waals surface area contributed by atoms with Gasteiger partial charge in [0.15, 0.2) is 5.96 Å². The monoisotopic (exact) mass is 485 g/mol. The molecule has 1 unspecified atom stereocenters. The molecule has 1 atom stereocenters. The molecule has 1 aliphatic rings. The van der Waals surface area contributed by atoms with Crippen LogP contribution in [0.5, 0.6) is 0 Å². The Labute approximate surface area is 177 Å². The van der Waals surface area contributed by atoms with Crippen molar-refractivity contribution < 1.29 is 0 Å². The Morgan fingerprint density at radius 2 is 2.08 bits per heavy atom. The smallest absolute Gasteiger partial charge is 0.191 e. The molecule has 0 bridgehead atoms. The lowest BCUT2D eigenvalue weighted by Gasteiger charge is -2.35. The molecule has 0 spiro atoms.